The first kappa shape index (κ1) is 28.2. The van der Waals surface area contributed by atoms with Gasteiger partial charge in [0.25, 0.3) is 0 Å². The van der Waals surface area contributed by atoms with Crippen LogP contribution in [0.4, 0.5) is 13.2 Å². The molecule has 0 amide bonds. The maximum Gasteiger partial charge on any atom is 0.437 e. The molecule has 0 spiro atoms. The number of hydrogen-bond acceptors (Lipinski definition) is 5. The van der Waals surface area contributed by atoms with Crippen molar-refractivity contribution in [2.24, 2.45) is 5.16 Å². The number of ether oxygens (including phenoxy) is 3. The molecule has 2 rings (SSSR count). The van der Waals surface area contributed by atoms with Gasteiger partial charge in [-0.1, -0.05) is 41.6 Å². The van der Waals surface area contributed by atoms with Gasteiger partial charge in [0.15, 0.2) is 5.71 Å². The number of benzene rings is 2. The first-order chi connectivity index (χ1) is 16.8. The molecule has 0 N–H and O–H groups in total. The first-order valence-electron chi connectivity index (χ1n) is 11.6. The van der Waals surface area contributed by atoms with Gasteiger partial charge in [-0.25, -0.2) is 0 Å². The molecule has 0 aliphatic heterocycles. The lowest BCUT2D eigenvalue weighted by molar-refractivity contribution is -0.0608. The summed E-state index contributed by atoms with van der Waals surface area (Å²) in [5, 5.41) is 3.11. The molecule has 192 valence electrons. The molecular weight excluding hydrogens is 459 g/mol. The number of halogens is 3. The van der Waals surface area contributed by atoms with Crippen molar-refractivity contribution in [3.05, 3.63) is 70.8 Å². The van der Waals surface area contributed by atoms with Crippen LogP contribution in [0.2, 0.25) is 0 Å². The van der Waals surface area contributed by atoms with Gasteiger partial charge < -0.3 is 19.0 Å². The molecule has 5 nitrogen and oxygen atoms in total. The van der Waals surface area contributed by atoms with Gasteiger partial charge in [-0.05, 0) is 62.4 Å². The summed E-state index contributed by atoms with van der Waals surface area (Å²) in [6, 6.07) is 10.1. The zero-order valence-corrected chi connectivity index (χ0v) is 20.8. The van der Waals surface area contributed by atoms with Crippen LogP contribution in [0.15, 0.2) is 53.7 Å². The van der Waals surface area contributed by atoms with Crippen molar-refractivity contribution < 1.29 is 32.2 Å². The summed E-state index contributed by atoms with van der Waals surface area (Å²) in [6.45, 7) is 8.19. The van der Waals surface area contributed by atoms with Crippen molar-refractivity contribution in [3.8, 4) is 11.5 Å². The molecule has 0 unspecified atom stereocenters. The Morgan fingerprint density at radius 3 is 2.20 bits per heavy atom. The van der Waals surface area contributed by atoms with Crippen LogP contribution in [-0.4, -0.2) is 45.4 Å². The van der Waals surface area contributed by atoms with Gasteiger partial charge in [-0.3, -0.25) is 0 Å². The predicted octanol–water partition coefficient (Wildman–Crippen LogP) is 6.59. The smallest absolute Gasteiger partial charge is 0.437 e. The Hall–Kier alpha value is -3.00. The second kappa shape index (κ2) is 14.4. The monoisotopic (exact) mass is 493 g/mol. The van der Waals surface area contributed by atoms with E-state index in [1.165, 1.54) is 12.1 Å². The fourth-order valence-electron chi connectivity index (χ4n) is 3.47. The molecule has 0 aromatic heterocycles. The lowest BCUT2D eigenvalue weighted by atomic mass is 10.0. The molecule has 8 heteroatoms. The second-order valence-corrected chi connectivity index (χ2v) is 8.00. The lowest BCUT2D eigenvalue weighted by Crippen LogP contribution is -2.24. The minimum absolute atomic E-state index is 0.0272. The zero-order valence-electron chi connectivity index (χ0n) is 20.8. The number of hydrogen-bond donors (Lipinski definition) is 0. The van der Waals surface area contributed by atoms with Crippen molar-refractivity contribution in [1.29, 1.82) is 0 Å². The molecule has 35 heavy (non-hydrogen) atoms. The number of oxime groups is 1. The topological polar surface area (TPSA) is 49.3 Å². The first-order valence-corrected chi connectivity index (χ1v) is 11.6. The molecule has 0 saturated carbocycles. The summed E-state index contributed by atoms with van der Waals surface area (Å²) in [7, 11) is 1.09. The highest BCUT2D eigenvalue weighted by atomic mass is 19.4. The van der Waals surface area contributed by atoms with Gasteiger partial charge in [0, 0.05) is 25.2 Å². The highest BCUT2D eigenvalue weighted by Crippen LogP contribution is 2.28. The Morgan fingerprint density at radius 2 is 1.60 bits per heavy atom. The zero-order chi connectivity index (χ0) is 25.7. The predicted molar refractivity (Wildman–Crippen MR) is 132 cm³/mol. The van der Waals surface area contributed by atoms with Gasteiger partial charge in [0.2, 0.25) is 0 Å². The number of rotatable bonds is 14. The summed E-state index contributed by atoms with van der Waals surface area (Å²) in [5.74, 6) is 1.70. The molecule has 0 bridgehead atoms. The minimum Gasteiger partial charge on any atom is -0.493 e. The van der Waals surface area contributed by atoms with Crippen LogP contribution in [0.3, 0.4) is 0 Å². The largest absolute Gasteiger partial charge is 0.493 e. The summed E-state index contributed by atoms with van der Waals surface area (Å²) in [6.07, 6.45) is 1.57. The third-order valence-electron chi connectivity index (χ3n) is 5.13. The van der Waals surface area contributed by atoms with Crippen molar-refractivity contribution in [1.82, 2.24) is 0 Å². The van der Waals surface area contributed by atoms with Crippen molar-refractivity contribution in [2.75, 3.05) is 33.5 Å². The molecular formula is C27H34F3NO4. The maximum absolute atomic E-state index is 13.0. The van der Waals surface area contributed by atoms with Gasteiger partial charge in [0.05, 0.1) is 6.61 Å². The van der Waals surface area contributed by atoms with Crippen LogP contribution in [-0.2, 0) is 16.0 Å². The average Bonchev–Trinajstić information content (AvgIpc) is 2.80. The van der Waals surface area contributed by atoms with Gasteiger partial charge in [-0.15, -0.1) is 0 Å². The van der Waals surface area contributed by atoms with Crippen LogP contribution in [0.5, 0.6) is 11.5 Å². The molecule has 0 radical (unpaired) electrons. The van der Waals surface area contributed by atoms with E-state index in [4.69, 9.17) is 14.2 Å². The number of alkyl halides is 3. The number of aryl methyl sites for hydroxylation is 3. The summed E-state index contributed by atoms with van der Waals surface area (Å²) < 4.78 is 56.4. The van der Waals surface area contributed by atoms with Crippen LogP contribution in [0.25, 0.3) is 0 Å². The fraction of sp³-hybridized carbons (Fsp3) is 0.444. The molecule has 0 saturated heterocycles. The van der Waals surface area contributed by atoms with E-state index in [1.807, 2.05) is 45.1 Å². The Bertz CT molecular complexity index is 946. The summed E-state index contributed by atoms with van der Waals surface area (Å²) >= 11 is 0. The Kier molecular flexibility index (Phi) is 11.6. The average molecular weight is 494 g/mol. The van der Waals surface area contributed by atoms with E-state index in [2.05, 4.69) is 9.99 Å². The van der Waals surface area contributed by atoms with E-state index in [1.54, 1.807) is 12.1 Å². The standard InChI is InChI=1S/C27H34F3NO4/c1-5-6-16-34-24-18-20(2)25(21(3)19-24)35-17-8-15-33-14-7-9-22-10-12-23(13-11-22)26(31-32-4)27(28,29)30/h5-6,10-13,18-19H,7-9,14-17H2,1-4H3/b6-5+,31-26-. The molecule has 0 heterocycles. The third kappa shape index (κ3) is 9.64. The third-order valence-corrected chi connectivity index (χ3v) is 5.13. The van der Waals surface area contributed by atoms with Crippen LogP contribution in [0.1, 0.15) is 42.0 Å². The van der Waals surface area contributed by atoms with Gasteiger partial charge in [-0.2, -0.15) is 13.2 Å². The molecule has 0 aliphatic rings. The minimum atomic E-state index is -4.57. The number of allylic oxidation sites excluding steroid dienone is 1. The Morgan fingerprint density at radius 1 is 0.943 bits per heavy atom. The Balaban J connectivity index is 1.67. The summed E-state index contributed by atoms with van der Waals surface area (Å²) in [4.78, 5) is 4.33. The number of nitrogens with zero attached hydrogens (tertiary/aromatic N) is 1. The van der Waals surface area contributed by atoms with Crippen molar-refractivity contribution >= 4 is 5.71 Å². The van der Waals surface area contributed by atoms with Crippen LogP contribution >= 0.6 is 0 Å². The van der Waals surface area contributed by atoms with Crippen LogP contribution < -0.4 is 9.47 Å². The lowest BCUT2D eigenvalue weighted by Gasteiger charge is -2.14. The molecule has 2 aromatic carbocycles. The second-order valence-electron chi connectivity index (χ2n) is 8.00. The van der Waals surface area contributed by atoms with E-state index in [0.717, 1.165) is 48.1 Å². The summed E-state index contributed by atoms with van der Waals surface area (Å²) in [5.41, 5.74) is 1.92. The van der Waals surface area contributed by atoms with Crippen molar-refractivity contribution in [3.63, 3.8) is 0 Å². The van der Waals surface area contributed by atoms with Gasteiger partial charge >= 0.3 is 6.18 Å². The fourth-order valence-corrected chi connectivity index (χ4v) is 3.47. The molecule has 2 aromatic rings. The SMILES string of the molecule is C/C=C/COc1cc(C)c(OCCCOCCCc2ccc(/C(=N/OC)C(F)(F)F)cc2)c(C)c1. The van der Waals surface area contributed by atoms with E-state index in [0.29, 0.717) is 32.8 Å². The van der Waals surface area contributed by atoms with E-state index < -0.39 is 11.9 Å². The highest BCUT2D eigenvalue weighted by molar-refractivity contribution is 6.04. The molecule has 0 aliphatic carbocycles. The molecule has 0 fully saturated rings. The van der Waals surface area contributed by atoms with Crippen LogP contribution in [0, 0.1) is 13.8 Å². The highest BCUT2D eigenvalue weighted by Gasteiger charge is 2.37. The van der Waals surface area contributed by atoms with Crippen molar-refractivity contribution in [2.45, 2.75) is 46.2 Å². The Labute approximate surface area is 205 Å². The van der Waals surface area contributed by atoms with Gasteiger partial charge in [0.1, 0.15) is 25.2 Å². The van der Waals surface area contributed by atoms with E-state index >= 15 is 0 Å². The van der Waals surface area contributed by atoms with E-state index in [-0.39, 0.29) is 5.56 Å². The normalized spacial score (nSPS) is 12.3. The molecule has 0 atom stereocenters. The quantitative estimate of drug-likeness (QED) is 0.129. The maximum atomic E-state index is 13.0. The van der Waals surface area contributed by atoms with E-state index in [9.17, 15) is 13.2 Å².